The van der Waals surface area contributed by atoms with E-state index in [1.54, 1.807) is 26.0 Å². The SMILES string of the molecule is [C-]#[N+]c1sc(N=Nc2c(C(=O)OCC)nn(-c3ccccc3)c2OC)c(C#N)c1C. The number of hydrogen-bond acceptors (Lipinski definition) is 8. The summed E-state index contributed by atoms with van der Waals surface area (Å²) in [5.74, 6) is -0.491. The lowest BCUT2D eigenvalue weighted by atomic mass is 10.2. The molecular weight excluding hydrogens is 404 g/mol. The van der Waals surface area contributed by atoms with Crippen LogP contribution in [0.4, 0.5) is 15.7 Å². The molecule has 10 heteroatoms. The van der Waals surface area contributed by atoms with Gasteiger partial charge in [-0.3, -0.25) is 0 Å². The minimum atomic E-state index is -0.677. The van der Waals surface area contributed by atoms with E-state index in [1.807, 2.05) is 24.3 Å². The van der Waals surface area contributed by atoms with Crippen molar-refractivity contribution in [3.05, 3.63) is 58.6 Å². The molecule has 3 rings (SSSR count). The number of carbonyl (C=O) groups excluding carboxylic acids is 1. The van der Waals surface area contributed by atoms with Crippen LogP contribution >= 0.6 is 11.3 Å². The normalized spacial score (nSPS) is 10.6. The van der Waals surface area contributed by atoms with Gasteiger partial charge in [0.25, 0.3) is 0 Å². The molecule has 0 atom stereocenters. The van der Waals surface area contributed by atoms with Crippen molar-refractivity contribution >= 4 is 33.0 Å². The quantitative estimate of drug-likeness (QED) is 0.307. The Labute approximate surface area is 176 Å². The summed E-state index contributed by atoms with van der Waals surface area (Å²) in [7, 11) is 1.43. The Bertz CT molecular complexity index is 1200. The van der Waals surface area contributed by atoms with Crippen LogP contribution in [0.3, 0.4) is 0 Å². The summed E-state index contributed by atoms with van der Waals surface area (Å²) < 4.78 is 12.0. The smallest absolute Gasteiger partial charge is 0.361 e. The fraction of sp³-hybridized carbons (Fsp3) is 0.200. The third-order valence-electron chi connectivity index (χ3n) is 4.04. The Balaban J connectivity index is 2.17. The second kappa shape index (κ2) is 8.99. The monoisotopic (exact) mass is 420 g/mol. The number of rotatable bonds is 6. The molecule has 2 aromatic heterocycles. The van der Waals surface area contributed by atoms with E-state index >= 15 is 0 Å². The highest BCUT2D eigenvalue weighted by molar-refractivity contribution is 7.20. The second-order valence-corrected chi connectivity index (χ2v) is 6.79. The predicted octanol–water partition coefficient (Wildman–Crippen LogP) is 5.27. The average molecular weight is 420 g/mol. The molecule has 0 unspecified atom stereocenters. The zero-order chi connectivity index (χ0) is 21.7. The molecule has 0 saturated carbocycles. The highest BCUT2D eigenvalue weighted by atomic mass is 32.1. The largest absolute Gasteiger partial charge is 0.479 e. The first-order valence-corrected chi connectivity index (χ1v) is 9.59. The Morgan fingerprint density at radius 1 is 1.37 bits per heavy atom. The summed E-state index contributed by atoms with van der Waals surface area (Å²) >= 11 is 1.05. The number of hydrogen-bond donors (Lipinski definition) is 0. The lowest BCUT2D eigenvalue weighted by Gasteiger charge is -2.05. The number of nitriles is 1. The summed E-state index contributed by atoms with van der Waals surface area (Å²) in [4.78, 5) is 15.9. The van der Waals surface area contributed by atoms with Gasteiger partial charge < -0.3 is 9.47 Å². The van der Waals surface area contributed by atoms with Crippen LogP contribution < -0.4 is 4.74 Å². The van der Waals surface area contributed by atoms with Crippen LogP contribution in [0.15, 0.2) is 40.6 Å². The summed E-state index contributed by atoms with van der Waals surface area (Å²) in [6.07, 6.45) is 0. The summed E-state index contributed by atoms with van der Waals surface area (Å²) in [5, 5.41) is 22.7. The molecule has 0 amide bonds. The van der Waals surface area contributed by atoms with Gasteiger partial charge in [-0.2, -0.15) is 15.0 Å². The van der Waals surface area contributed by atoms with Crippen molar-refractivity contribution in [1.29, 1.82) is 5.26 Å². The van der Waals surface area contributed by atoms with Gasteiger partial charge in [0.1, 0.15) is 11.1 Å². The maximum Gasteiger partial charge on any atom is 0.361 e. The molecule has 0 spiro atoms. The third kappa shape index (κ3) is 3.77. The van der Waals surface area contributed by atoms with E-state index in [0.717, 1.165) is 11.3 Å². The first-order chi connectivity index (χ1) is 14.5. The van der Waals surface area contributed by atoms with Crippen LogP contribution in [-0.2, 0) is 4.74 Å². The van der Waals surface area contributed by atoms with E-state index in [2.05, 4.69) is 20.2 Å². The van der Waals surface area contributed by atoms with Gasteiger partial charge in [-0.25, -0.2) is 9.64 Å². The molecule has 0 N–H and O–H groups in total. The first kappa shape index (κ1) is 20.7. The highest BCUT2D eigenvalue weighted by Crippen LogP contribution is 2.42. The van der Waals surface area contributed by atoms with Crippen molar-refractivity contribution in [2.75, 3.05) is 13.7 Å². The zero-order valence-corrected chi connectivity index (χ0v) is 17.2. The number of methoxy groups -OCH3 is 1. The summed E-state index contributed by atoms with van der Waals surface area (Å²) in [6.45, 7) is 10.7. The maximum absolute atomic E-state index is 12.5. The molecule has 3 aromatic rings. The lowest BCUT2D eigenvalue weighted by Crippen LogP contribution is -2.07. The number of esters is 1. The van der Waals surface area contributed by atoms with E-state index in [1.165, 1.54) is 11.8 Å². The van der Waals surface area contributed by atoms with Gasteiger partial charge in [-0.15, -0.1) is 21.6 Å². The van der Waals surface area contributed by atoms with Gasteiger partial charge in [0.05, 0.1) is 31.5 Å². The number of thiophene rings is 1. The number of carbonyl (C=O) groups is 1. The Morgan fingerprint density at radius 3 is 2.70 bits per heavy atom. The van der Waals surface area contributed by atoms with E-state index in [-0.39, 0.29) is 34.4 Å². The Hall–Kier alpha value is -4.02. The second-order valence-electron chi connectivity index (χ2n) is 5.81. The van der Waals surface area contributed by atoms with E-state index < -0.39 is 5.97 Å². The summed E-state index contributed by atoms with van der Waals surface area (Å²) in [5.41, 5.74) is 1.46. The molecule has 0 radical (unpaired) electrons. The maximum atomic E-state index is 12.5. The zero-order valence-electron chi connectivity index (χ0n) is 16.4. The molecule has 150 valence electrons. The molecule has 0 aliphatic rings. The van der Waals surface area contributed by atoms with Gasteiger partial charge >= 0.3 is 5.97 Å². The average Bonchev–Trinajstić information content (AvgIpc) is 3.29. The number of benzene rings is 1. The first-order valence-electron chi connectivity index (χ1n) is 8.77. The molecule has 9 nitrogen and oxygen atoms in total. The van der Waals surface area contributed by atoms with Gasteiger partial charge in [0, 0.05) is 0 Å². The Morgan fingerprint density at radius 2 is 2.10 bits per heavy atom. The molecule has 0 fully saturated rings. The molecule has 2 heterocycles. The third-order valence-corrected chi connectivity index (χ3v) is 5.11. The number of para-hydroxylation sites is 1. The van der Waals surface area contributed by atoms with Crippen molar-refractivity contribution in [3.8, 4) is 17.6 Å². The molecule has 0 aliphatic carbocycles. The van der Waals surface area contributed by atoms with Gasteiger partial charge in [0.2, 0.25) is 16.6 Å². The number of nitrogens with zero attached hydrogens (tertiary/aromatic N) is 6. The van der Waals surface area contributed by atoms with Gasteiger partial charge in [-0.05, 0) is 31.5 Å². The predicted molar refractivity (Wildman–Crippen MR) is 110 cm³/mol. The summed E-state index contributed by atoms with van der Waals surface area (Å²) in [6, 6.07) is 11.1. The van der Waals surface area contributed by atoms with Crippen LogP contribution in [-0.4, -0.2) is 29.5 Å². The number of ether oxygens (including phenoxy) is 2. The molecular formula is C20H16N6O3S. The van der Waals surface area contributed by atoms with Crippen molar-refractivity contribution in [2.45, 2.75) is 13.8 Å². The van der Waals surface area contributed by atoms with E-state index in [4.69, 9.17) is 16.0 Å². The fourth-order valence-electron chi connectivity index (χ4n) is 2.64. The Kier molecular flexibility index (Phi) is 6.20. The van der Waals surface area contributed by atoms with Crippen molar-refractivity contribution < 1.29 is 14.3 Å². The van der Waals surface area contributed by atoms with Crippen LogP contribution in [0.25, 0.3) is 10.5 Å². The minimum Gasteiger partial charge on any atom is -0.479 e. The molecule has 0 aliphatic heterocycles. The van der Waals surface area contributed by atoms with E-state index in [0.29, 0.717) is 16.3 Å². The number of azo groups is 1. The molecule has 1 aromatic carbocycles. The van der Waals surface area contributed by atoms with Gasteiger partial charge in [-0.1, -0.05) is 18.2 Å². The van der Waals surface area contributed by atoms with E-state index in [9.17, 15) is 10.1 Å². The standard InChI is InChI=1S/C20H16N6O3S/c1-5-29-20(27)16-15(19(28-4)26(25-16)13-9-7-6-8-10-13)23-24-18-14(11-21)12(2)17(22-3)30-18/h6-10H,5H2,1-2,4H3. The van der Waals surface area contributed by atoms with Crippen LogP contribution in [0.5, 0.6) is 5.88 Å². The van der Waals surface area contributed by atoms with Crippen molar-refractivity contribution in [2.24, 2.45) is 10.2 Å². The molecule has 0 bridgehead atoms. The molecule has 30 heavy (non-hydrogen) atoms. The van der Waals surface area contributed by atoms with Crippen molar-refractivity contribution in [1.82, 2.24) is 9.78 Å². The fourth-order valence-corrected chi connectivity index (χ4v) is 3.51. The van der Waals surface area contributed by atoms with Crippen LogP contribution in [0.1, 0.15) is 28.5 Å². The van der Waals surface area contributed by atoms with Crippen LogP contribution in [0.2, 0.25) is 0 Å². The topological polar surface area (TPSA) is 106 Å². The number of aromatic nitrogens is 2. The minimum absolute atomic E-state index is 0.0686. The van der Waals surface area contributed by atoms with Gasteiger partial charge in [0.15, 0.2) is 5.69 Å². The van der Waals surface area contributed by atoms with Crippen LogP contribution in [0, 0.1) is 24.8 Å². The highest BCUT2D eigenvalue weighted by Gasteiger charge is 2.26. The molecule has 0 saturated heterocycles. The van der Waals surface area contributed by atoms with Crippen molar-refractivity contribution in [3.63, 3.8) is 0 Å². The lowest BCUT2D eigenvalue weighted by molar-refractivity contribution is 0.0520.